The Morgan fingerprint density at radius 3 is 2.03 bits per heavy atom. The Hall–Kier alpha value is -4.39. The van der Waals surface area contributed by atoms with Crippen molar-refractivity contribution >= 4 is 12.1 Å². The number of hydrogen-bond acceptors (Lipinski definition) is 4. The topological polar surface area (TPSA) is 104 Å². The second-order valence-corrected chi connectivity index (χ2v) is 9.92. The van der Waals surface area contributed by atoms with Crippen LogP contribution in [0.15, 0.2) is 83.4 Å². The zero-order valence-corrected chi connectivity index (χ0v) is 21.2. The highest BCUT2D eigenvalue weighted by Gasteiger charge is 2.32. The average Bonchev–Trinajstić information content (AvgIpc) is 3.62. The summed E-state index contributed by atoms with van der Waals surface area (Å²) in [6, 6.07) is 27.7. The van der Waals surface area contributed by atoms with Crippen LogP contribution in [-0.4, -0.2) is 38.9 Å². The van der Waals surface area contributed by atoms with Crippen molar-refractivity contribution in [3.63, 3.8) is 0 Å². The van der Waals surface area contributed by atoms with E-state index in [0.717, 1.165) is 35.0 Å². The normalized spacial score (nSPS) is 16.7. The van der Waals surface area contributed by atoms with E-state index in [2.05, 4.69) is 65.8 Å². The van der Waals surface area contributed by atoms with Crippen LogP contribution in [0.1, 0.15) is 53.5 Å². The molecule has 1 aliphatic carbocycles. The summed E-state index contributed by atoms with van der Waals surface area (Å²) in [5.74, 6) is 1.95. The Balaban J connectivity index is 0.000000689. The van der Waals surface area contributed by atoms with Crippen molar-refractivity contribution in [1.82, 2.24) is 10.1 Å². The fraction of sp³-hybridized carbons (Fsp3) is 0.258. The van der Waals surface area contributed by atoms with Crippen molar-refractivity contribution in [2.75, 3.05) is 6.54 Å². The van der Waals surface area contributed by atoms with Gasteiger partial charge in [0, 0.05) is 30.0 Å². The Labute approximate surface area is 221 Å². The lowest BCUT2D eigenvalue weighted by atomic mass is 9.98. The summed E-state index contributed by atoms with van der Waals surface area (Å²) >= 11 is 0. The van der Waals surface area contributed by atoms with Gasteiger partial charge in [-0.25, -0.2) is 4.79 Å². The molecule has 0 radical (unpaired) electrons. The van der Waals surface area contributed by atoms with Crippen LogP contribution in [0.3, 0.4) is 0 Å². The van der Waals surface area contributed by atoms with E-state index in [1.807, 2.05) is 30.0 Å². The third kappa shape index (κ3) is 5.78. The van der Waals surface area contributed by atoms with Crippen molar-refractivity contribution in [3.8, 4) is 22.5 Å². The maximum Gasteiger partial charge on any atom is 0.503 e. The van der Waals surface area contributed by atoms with E-state index in [0.29, 0.717) is 13.0 Å². The standard InChI is InChI=1S/C30H28N2O2.CH2O3/c1-20-28(19-32-18-27(17-29(32)33)21-5-3-2-4-6-21)30(34-31-20)26-15-13-25(14-16-26)24-11-9-23(10-12-24)22-7-8-22;2-1(3)4/h2-6,9-16,22,27H,7-8,17-19H2,1H3;(H2,2,3,4). The molecule has 1 amide bonds. The Kier molecular flexibility index (Phi) is 7.26. The first-order valence-corrected chi connectivity index (χ1v) is 12.8. The minimum absolute atomic E-state index is 0.186. The highest BCUT2D eigenvalue weighted by Crippen LogP contribution is 2.40. The van der Waals surface area contributed by atoms with Crippen LogP contribution in [0.25, 0.3) is 22.5 Å². The van der Waals surface area contributed by atoms with E-state index in [1.165, 1.54) is 35.1 Å². The van der Waals surface area contributed by atoms with E-state index < -0.39 is 6.16 Å². The number of hydrogen-bond donors (Lipinski definition) is 2. The molecule has 2 N–H and O–H groups in total. The molecule has 0 bridgehead atoms. The van der Waals surface area contributed by atoms with E-state index in [1.54, 1.807) is 0 Å². The lowest BCUT2D eigenvalue weighted by Crippen LogP contribution is -2.24. The van der Waals surface area contributed by atoms with Crippen molar-refractivity contribution < 1.29 is 24.3 Å². The van der Waals surface area contributed by atoms with Gasteiger partial charge in [0.05, 0.1) is 12.2 Å². The first-order valence-electron chi connectivity index (χ1n) is 12.8. The van der Waals surface area contributed by atoms with Crippen LogP contribution >= 0.6 is 0 Å². The molecule has 6 rings (SSSR count). The minimum Gasteiger partial charge on any atom is -0.450 e. The first-order chi connectivity index (χ1) is 18.4. The summed E-state index contributed by atoms with van der Waals surface area (Å²) in [6.07, 6.45) is 1.36. The Morgan fingerprint density at radius 2 is 1.42 bits per heavy atom. The predicted molar refractivity (Wildman–Crippen MR) is 144 cm³/mol. The van der Waals surface area contributed by atoms with Gasteiger partial charge in [-0.15, -0.1) is 0 Å². The van der Waals surface area contributed by atoms with Gasteiger partial charge >= 0.3 is 6.16 Å². The Bertz CT molecular complexity index is 1400. The molecule has 1 unspecified atom stereocenters. The van der Waals surface area contributed by atoms with Crippen LogP contribution in [0.2, 0.25) is 0 Å². The highest BCUT2D eigenvalue weighted by molar-refractivity contribution is 5.80. The summed E-state index contributed by atoms with van der Waals surface area (Å²) in [5, 5.41) is 18.2. The average molecular weight is 511 g/mol. The van der Waals surface area contributed by atoms with E-state index in [9.17, 15) is 4.79 Å². The summed E-state index contributed by atoms with van der Waals surface area (Å²) in [5.41, 5.74) is 7.90. The zero-order chi connectivity index (χ0) is 26.6. The van der Waals surface area contributed by atoms with Gasteiger partial charge in [0.25, 0.3) is 0 Å². The molecule has 38 heavy (non-hydrogen) atoms. The molecule has 1 saturated carbocycles. The second-order valence-electron chi connectivity index (χ2n) is 9.92. The van der Waals surface area contributed by atoms with Crippen molar-refractivity contribution in [1.29, 1.82) is 0 Å². The van der Waals surface area contributed by atoms with Crippen LogP contribution in [-0.2, 0) is 11.3 Å². The fourth-order valence-electron chi connectivity index (χ4n) is 5.04. The third-order valence-corrected chi connectivity index (χ3v) is 7.26. The summed E-state index contributed by atoms with van der Waals surface area (Å²) < 4.78 is 5.75. The number of aryl methyl sites for hydroxylation is 1. The molecule has 1 aromatic heterocycles. The molecule has 2 aliphatic rings. The molecule has 2 fully saturated rings. The van der Waals surface area contributed by atoms with Crippen LogP contribution in [0, 0.1) is 6.92 Å². The van der Waals surface area contributed by atoms with Gasteiger partial charge in [0.1, 0.15) is 0 Å². The van der Waals surface area contributed by atoms with Gasteiger partial charge in [0.15, 0.2) is 5.76 Å². The molecule has 1 aliphatic heterocycles. The SMILES string of the molecule is Cc1noc(-c2ccc(-c3ccc(C4CC4)cc3)cc2)c1CN1CC(c2ccccc2)CC1=O.O=C(O)O. The first kappa shape index (κ1) is 25.3. The molecule has 1 atom stereocenters. The molecule has 2 heterocycles. The number of carbonyl (C=O) groups is 2. The number of rotatable bonds is 6. The maximum absolute atomic E-state index is 12.8. The molecular formula is C31H30N2O5. The summed E-state index contributed by atoms with van der Waals surface area (Å²) in [4.78, 5) is 23.3. The zero-order valence-electron chi connectivity index (χ0n) is 21.2. The molecule has 7 heteroatoms. The minimum atomic E-state index is -1.83. The molecule has 1 saturated heterocycles. The maximum atomic E-state index is 12.8. The number of aromatic nitrogens is 1. The second kappa shape index (κ2) is 10.9. The quantitative estimate of drug-likeness (QED) is 0.291. The lowest BCUT2D eigenvalue weighted by Gasteiger charge is -2.17. The molecule has 3 aromatic carbocycles. The number of likely N-dealkylation sites (tertiary alicyclic amines) is 1. The van der Waals surface area contributed by atoms with Gasteiger partial charge in [-0.2, -0.15) is 0 Å². The number of carbonyl (C=O) groups excluding carboxylic acids is 1. The van der Waals surface area contributed by atoms with E-state index in [4.69, 9.17) is 19.5 Å². The summed E-state index contributed by atoms with van der Waals surface area (Å²) in [6.45, 7) is 3.20. The van der Waals surface area contributed by atoms with Gasteiger partial charge in [-0.1, -0.05) is 84.0 Å². The van der Waals surface area contributed by atoms with Gasteiger partial charge in [-0.05, 0) is 47.9 Å². The molecular weight excluding hydrogens is 480 g/mol. The third-order valence-electron chi connectivity index (χ3n) is 7.26. The van der Waals surface area contributed by atoms with E-state index >= 15 is 0 Å². The lowest BCUT2D eigenvalue weighted by molar-refractivity contribution is -0.128. The van der Waals surface area contributed by atoms with Crippen LogP contribution < -0.4 is 0 Å². The summed E-state index contributed by atoms with van der Waals surface area (Å²) in [7, 11) is 0. The number of nitrogens with zero attached hydrogens (tertiary/aromatic N) is 2. The predicted octanol–water partition coefficient (Wildman–Crippen LogP) is 6.93. The fourth-order valence-corrected chi connectivity index (χ4v) is 5.04. The number of benzene rings is 3. The van der Waals surface area contributed by atoms with Gasteiger partial charge in [-0.3, -0.25) is 4.79 Å². The van der Waals surface area contributed by atoms with Crippen molar-refractivity contribution in [3.05, 3.63) is 101 Å². The molecule has 0 spiro atoms. The van der Waals surface area contributed by atoms with Gasteiger partial charge in [0.2, 0.25) is 5.91 Å². The van der Waals surface area contributed by atoms with Crippen molar-refractivity contribution in [2.24, 2.45) is 0 Å². The highest BCUT2D eigenvalue weighted by atomic mass is 16.6. The van der Waals surface area contributed by atoms with Crippen molar-refractivity contribution in [2.45, 2.75) is 44.6 Å². The van der Waals surface area contributed by atoms with Crippen LogP contribution in [0.5, 0.6) is 0 Å². The molecule has 4 aromatic rings. The smallest absolute Gasteiger partial charge is 0.450 e. The number of amides is 1. The Morgan fingerprint density at radius 1 is 0.868 bits per heavy atom. The number of carboxylic acid groups (broad SMARTS) is 2. The van der Waals surface area contributed by atoms with Crippen LogP contribution in [0.4, 0.5) is 4.79 Å². The molecule has 7 nitrogen and oxygen atoms in total. The van der Waals surface area contributed by atoms with Gasteiger partial charge < -0.3 is 19.6 Å². The van der Waals surface area contributed by atoms with E-state index in [-0.39, 0.29) is 11.8 Å². The molecule has 194 valence electrons. The largest absolute Gasteiger partial charge is 0.503 e. The monoisotopic (exact) mass is 510 g/mol.